The molecule has 0 fully saturated rings. The molecule has 0 aromatic heterocycles. The minimum atomic E-state index is -0.929. The molecule has 1 rings (SSSR count). The number of carbonyl (C=O) groups is 2. The van der Waals surface area contributed by atoms with Crippen LogP contribution in [0.25, 0.3) is 0 Å². The van der Waals surface area contributed by atoms with Gasteiger partial charge in [-0.2, -0.15) is 0 Å². The van der Waals surface area contributed by atoms with Gasteiger partial charge in [-0.05, 0) is 30.5 Å². The Morgan fingerprint density at radius 3 is 2.44 bits per heavy atom. The molecule has 1 aromatic carbocycles. The molecule has 98 valence electrons. The topological polar surface area (TPSA) is 66.4 Å². The third kappa shape index (κ3) is 5.98. The summed E-state index contributed by atoms with van der Waals surface area (Å²) in [7, 11) is 0. The predicted molar refractivity (Wildman–Crippen MR) is 64.6 cm³/mol. The summed E-state index contributed by atoms with van der Waals surface area (Å²) in [5.74, 6) is -1.36. The van der Waals surface area contributed by atoms with Crippen LogP contribution in [0.2, 0.25) is 0 Å². The van der Waals surface area contributed by atoms with Crippen molar-refractivity contribution in [2.24, 2.45) is 0 Å². The lowest BCUT2D eigenvalue weighted by atomic mass is 10.1. The molecular formula is C13H16FNO3. The monoisotopic (exact) mass is 253 g/mol. The zero-order valence-electron chi connectivity index (χ0n) is 9.99. The van der Waals surface area contributed by atoms with E-state index in [-0.39, 0.29) is 24.7 Å². The second-order valence-corrected chi connectivity index (χ2v) is 3.97. The van der Waals surface area contributed by atoms with Crippen molar-refractivity contribution in [3.63, 3.8) is 0 Å². The molecule has 1 amide bonds. The number of halogens is 1. The maximum Gasteiger partial charge on any atom is 0.305 e. The molecule has 0 unspecified atom stereocenters. The van der Waals surface area contributed by atoms with Crippen LogP contribution < -0.4 is 5.32 Å². The first-order chi connectivity index (χ1) is 8.58. The number of carboxylic acid groups (broad SMARTS) is 1. The van der Waals surface area contributed by atoms with Gasteiger partial charge in [0.1, 0.15) is 5.82 Å². The number of rotatable bonds is 7. The van der Waals surface area contributed by atoms with Crippen LogP contribution in [0, 0.1) is 5.82 Å². The van der Waals surface area contributed by atoms with Crippen LogP contribution in [0.1, 0.15) is 24.8 Å². The van der Waals surface area contributed by atoms with Crippen molar-refractivity contribution in [2.45, 2.75) is 25.7 Å². The number of aryl methyl sites for hydroxylation is 1. The number of nitrogens with one attached hydrogen (secondary N) is 1. The molecule has 0 aliphatic carbocycles. The first-order valence-corrected chi connectivity index (χ1v) is 5.81. The number of carbonyl (C=O) groups excluding carboxylic acids is 1. The number of hydrogen-bond donors (Lipinski definition) is 2. The van der Waals surface area contributed by atoms with Gasteiger partial charge in [-0.25, -0.2) is 4.39 Å². The molecular weight excluding hydrogens is 237 g/mol. The van der Waals surface area contributed by atoms with Gasteiger partial charge in [-0.3, -0.25) is 9.59 Å². The SMILES string of the molecule is O=C(O)CCNC(=O)CCCc1ccc(F)cc1. The molecule has 0 heterocycles. The second kappa shape index (κ2) is 7.42. The van der Waals surface area contributed by atoms with E-state index in [4.69, 9.17) is 5.11 Å². The Labute approximate surface area is 105 Å². The Morgan fingerprint density at radius 1 is 1.17 bits per heavy atom. The van der Waals surface area contributed by atoms with Crippen molar-refractivity contribution in [1.82, 2.24) is 5.32 Å². The summed E-state index contributed by atoms with van der Waals surface area (Å²) in [5, 5.41) is 10.9. The fourth-order valence-electron chi connectivity index (χ4n) is 1.50. The summed E-state index contributed by atoms with van der Waals surface area (Å²) in [6.45, 7) is 0.157. The average Bonchev–Trinajstić information content (AvgIpc) is 2.31. The molecule has 1 aromatic rings. The van der Waals surface area contributed by atoms with Crippen LogP contribution in [0.5, 0.6) is 0 Å². The van der Waals surface area contributed by atoms with Gasteiger partial charge in [0.05, 0.1) is 6.42 Å². The van der Waals surface area contributed by atoms with E-state index >= 15 is 0 Å². The molecule has 4 nitrogen and oxygen atoms in total. The smallest absolute Gasteiger partial charge is 0.305 e. The molecule has 0 radical (unpaired) electrons. The quantitative estimate of drug-likeness (QED) is 0.777. The highest BCUT2D eigenvalue weighted by atomic mass is 19.1. The summed E-state index contributed by atoms with van der Waals surface area (Å²) in [4.78, 5) is 21.5. The van der Waals surface area contributed by atoms with Crippen LogP contribution in [-0.4, -0.2) is 23.5 Å². The van der Waals surface area contributed by atoms with Crippen molar-refractivity contribution in [3.05, 3.63) is 35.6 Å². The molecule has 18 heavy (non-hydrogen) atoms. The standard InChI is InChI=1S/C13H16FNO3/c14-11-6-4-10(5-7-11)2-1-3-12(16)15-9-8-13(17)18/h4-7H,1-3,8-9H2,(H,15,16)(H,17,18). The van der Waals surface area contributed by atoms with E-state index in [2.05, 4.69) is 5.32 Å². The summed E-state index contributed by atoms with van der Waals surface area (Å²) in [5.41, 5.74) is 0.981. The molecule has 0 aliphatic rings. The molecule has 0 saturated heterocycles. The van der Waals surface area contributed by atoms with Gasteiger partial charge < -0.3 is 10.4 Å². The maximum atomic E-state index is 12.6. The highest BCUT2D eigenvalue weighted by molar-refractivity contribution is 5.76. The molecule has 0 aliphatic heterocycles. The van der Waals surface area contributed by atoms with E-state index in [9.17, 15) is 14.0 Å². The van der Waals surface area contributed by atoms with E-state index in [0.29, 0.717) is 19.3 Å². The molecule has 2 N–H and O–H groups in total. The van der Waals surface area contributed by atoms with Crippen LogP contribution in [0.4, 0.5) is 4.39 Å². The largest absolute Gasteiger partial charge is 0.481 e. The van der Waals surface area contributed by atoms with E-state index in [1.807, 2.05) is 0 Å². The summed E-state index contributed by atoms with van der Waals surface area (Å²) in [6.07, 6.45) is 1.64. The van der Waals surface area contributed by atoms with Crippen molar-refractivity contribution in [1.29, 1.82) is 0 Å². The van der Waals surface area contributed by atoms with Gasteiger partial charge in [0, 0.05) is 13.0 Å². The first kappa shape index (κ1) is 14.2. The summed E-state index contributed by atoms with van der Waals surface area (Å²) in [6, 6.07) is 6.17. The minimum Gasteiger partial charge on any atom is -0.481 e. The predicted octanol–water partition coefficient (Wildman–Crippen LogP) is 1.74. The van der Waals surface area contributed by atoms with E-state index in [1.165, 1.54) is 12.1 Å². The van der Waals surface area contributed by atoms with Gasteiger partial charge in [-0.1, -0.05) is 12.1 Å². The maximum absolute atomic E-state index is 12.6. The van der Waals surface area contributed by atoms with Crippen LogP contribution >= 0.6 is 0 Å². The van der Waals surface area contributed by atoms with Crippen LogP contribution in [0.15, 0.2) is 24.3 Å². The molecule has 0 bridgehead atoms. The Bertz CT molecular complexity index is 403. The highest BCUT2D eigenvalue weighted by Gasteiger charge is 2.03. The fourth-order valence-corrected chi connectivity index (χ4v) is 1.50. The van der Waals surface area contributed by atoms with Gasteiger partial charge in [-0.15, -0.1) is 0 Å². The zero-order chi connectivity index (χ0) is 13.4. The Hall–Kier alpha value is -1.91. The summed E-state index contributed by atoms with van der Waals surface area (Å²) >= 11 is 0. The lowest BCUT2D eigenvalue weighted by Gasteiger charge is -2.03. The third-order valence-corrected chi connectivity index (χ3v) is 2.44. The fraction of sp³-hybridized carbons (Fsp3) is 0.385. The number of amides is 1. The molecule has 5 heteroatoms. The van der Waals surface area contributed by atoms with Crippen LogP contribution in [0.3, 0.4) is 0 Å². The van der Waals surface area contributed by atoms with E-state index in [1.54, 1.807) is 12.1 Å². The lowest BCUT2D eigenvalue weighted by molar-refractivity contribution is -0.136. The van der Waals surface area contributed by atoms with Gasteiger partial charge in [0.25, 0.3) is 0 Å². The zero-order valence-corrected chi connectivity index (χ0v) is 9.99. The third-order valence-electron chi connectivity index (χ3n) is 2.44. The van der Waals surface area contributed by atoms with Gasteiger partial charge >= 0.3 is 5.97 Å². The number of aliphatic carboxylic acids is 1. The lowest BCUT2D eigenvalue weighted by Crippen LogP contribution is -2.25. The van der Waals surface area contributed by atoms with E-state index < -0.39 is 5.97 Å². The average molecular weight is 253 g/mol. The molecule has 0 spiro atoms. The number of benzene rings is 1. The molecule has 0 saturated carbocycles. The molecule has 0 atom stereocenters. The van der Waals surface area contributed by atoms with Crippen molar-refractivity contribution in [3.8, 4) is 0 Å². The number of hydrogen-bond acceptors (Lipinski definition) is 2. The Morgan fingerprint density at radius 2 is 1.83 bits per heavy atom. The minimum absolute atomic E-state index is 0.0658. The van der Waals surface area contributed by atoms with Crippen molar-refractivity contribution in [2.75, 3.05) is 6.54 Å². The second-order valence-electron chi connectivity index (χ2n) is 3.97. The highest BCUT2D eigenvalue weighted by Crippen LogP contribution is 2.06. The Kier molecular flexibility index (Phi) is 5.84. The summed E-state index contributed by atoms with van der Waals surface area (Å²) < 4.78 is 12.6. The Balaban J connectivity index is 2.15. The van der Waals surface area contributed by atoms with Gasteiger partial charge in [0.15, 0.2) is 0 Å². The van der Waals surface area contributed by atoms with E-state index in [0.717, 1.165) is 5.56 Å². The van der Waals surface area contributed by atoms with Crippen LogP contribution in [-0.2, 0) is 16.0 Å². The van der Waals surface area contributed by atoms with Crippen molar-refractivity contribution >= 4 is 11.9 Å². The van der Waals surface area contributed by atoms with Crippen molar-refractivity contribution < 1.29 is 19.1 Å². The first-order valence-electron chi connectivity index (χ1n) is 5.81. The van der Waals surface area contributed by atoms with Gasteiger partial charge in [0.2, 0.25) is 5.91 Å². The normalized spacial score (nSPS) is 10.1. The number of carboxylic acids is 1.